The molecule has 0 bridgehead atoms. The predicted molar refractivity (Wildman–Crippen MR) is 109 cm³/mol. The van der Waals surface area contributed by atoms with Gasteiger partial charge in [0, 0.05) is 35.6 Å². The van der Waals surface area contributed by atoms with Gasteiger partial charge in [0.15, 0.2) is 0 Å². The maximum absolute atomic E-state index is 11.4. The summed E-state index contributed by atoms with van der Waals surface area (Å²) in [5.41, 5.74) is 1.75. The van der Waals surface area contributed by atoms with Gasteiger partial charge >= 0.3 is 0 Å². The van der Waals surface area contributed by atoms with Gasteiger partial charge in [0.2, 0.25) is 0 Å². The quantitative estimate of drug-likeness (QED) is 0.783. The van der Waals surface area contributed by atoms with Crippen LogP contribution in [0.15, 0.2) is 48.5 Å². The molecule has 2 fully saturated rings. The average molecular weight is 386 g/mol. The number of rotatable bonds is 4. The van der Waals surface area contributed by atoms with E-state index in [1.165, 1.54) is 12.0 Å². The minimum absolute atomic E-state index is 0.136. The molecule has 1 aliphatic heterocycles. The van der Waals surface area contributed by atoms with E-state index in [9.17, 15) is 5.11 Å². The third kappa shape index (κ3) is 3.61. The fraction of sp³-hybridized carbons (Fsp3) is 0.478. The summed E-state index contributed by atoms with van der Waals surface area (Å²) in [6.45, 7) is 1.65. The van der Waals surface area contributed by atoms with E-state index in [0.717, 1.165) is 55.1 Å². The molecule has 2 aromatic rings. The zero-order valence-electron chi connectivity index (χ0n) is 15.9. The predicted octanol–water partition coefficient (Wildman–Crippen LogP) is 5.22. The van der Waals surface area contributed by atoms with Gasteiger partial charge in [-0.3, -0.25) is 4.90 Å². The molecule has 1 saturated heterocycles. The summed E-state index contributed by atoms with van der Waals surface area (Å²) >= 11 is 6.46. The fourth-order valence-corrected chi connectivity index (χ4v) is 5.28. The summed E-state index contributed by atoms with van der Waals surface area (Å²) in [4.78, 5) is 2.49. The number of likely N-dealkylation sites (tertiary alicyclic amines) is 1. The van der Waals surface area contributed by atoms with E-state index < -0.39 is 5.60 Å². The molecule has 1 heterocycles. The lowest BCUT2D eigenvalue weighted by Gasteiger charge is -2.53. The number of halogens is 1. The van der Waals surface area contributed by atoms with Crippen LogP contribution < -0.4 is 4.74 Å². The number of methoxy groups -OCH3 is 1. The summed E-state index contributed by atoms with van der Waals surface area (Å²) < 4.78 is 5.70. The minimum atomic E-state index is -0.569. The Morgan fingerprint density at radius 1 is 1.11 bits per heavy atom. The second kappa shape index (κ2) is 7.83. The van der Waals surface area contributed by atoms with E-state index in [2.05, 4.69) is 23.1 Å². The van der Waals surface area contributed by atoms with Gasteiger partial charge in [0.25, 0.3) is 0 Å². The first-order chi connectivity index (χ1) is 13.1. The van der Waals surface area contributed by atoms with Crippen LogP contribution in [0.2, 0.25) is 5.02 Å². The molecule has 1 N–H and O–H groups in total. The lowest BCUT2D eigenvalue weighted by molar-refractivity contribution is -0.126. The zero-order valence-corrected chi connectivity index (χ0v) is 16.7. The summed E-state index contributed by atoms with van der Waals surface area (Å²) in [6.07, 6.45) is 5.09. The molecule has 1 aliphatic carbocycles. The Kier molecular flexibility index (Phi) is 5.45. The number of hydrogen-bond acceptors (Lipinski definition) is 3. The van der Waals surface area contributed by atoms with Crippen LogP contribution in [0.1, 0.15) is 49.3 Å². The van der Waals surface area contributed by atoms with Gasteiger partial charge in [-0.15, -0.1) is 0 Å². The van der Waals surface area contributed by atoms with E-state index in [4.69, 9.17) is 16.3 Å². The van der Waals surface area contributed by atoms with Crippen molar-refractivity contribution in [2.75, 3.05) is 13.7 Å². The highest BCUT2D eigenvalue weighted by molar-refractivity contribution is 6.31. The maximum atomic E-state index is 11.4. The van der Waals surface area contributed by atoms with Gasteiger partial charge in [0.05, 0.1) is 12.7 Å². The van der Waals surface area contributed by atoms with Crippen LogP contribution in [-0.2, 0) is 6.54 Å². The fourth-order valence-electron chi connectivity index (χ4n) is 5.09. The summed E-state index contributed by atoms with van der Waals surface area (Å²) in [6, 6.07) is 16.5. The van der Waals surface area contributed by atoms with Crippen molar-refractivity contribution >= 4 is 11.6 Å². The molecule has 1 saturated carbocycles. The van der Waals surface area contributed by atoms with Crippen LogP contribution in [0.5, 0.6) is 5.75 Å². The molecule has 144 valence electrons. The zero-order chi connectivity index (χ0) is 18.9. The van der Waals surface area contributed by atoms with Crippen molar-refractivity contribution in [3.8, 4) is 5.75 Å². The molecule has 27 heavy (non-hydrogen) atoms. The highest BCUT2D eigenvalue weighted by atomic mass is 35.5. The van der Waals surface area contributed by atoms with Gasteiger partial charge in [-0.25, -0.2) is 0 Å². The van der Waals surface area contributed by atoms with Crippen molar-refractivity contribution in [2.24, 2.45) is 5.92 Å². The maximum Gasteiger partial charge on any atom is 0.123 e. The van der Waals surface area contributed by atoms with Crippen LogP contribution in [0.4, 0.5) is 0 Å². The molecule has 2 aliphatic rings. The third-order valence-electron chi connectivity index (χ3n) is 6.46. The minimum Gasteiger partial charge on any atom is -0.496 e. The number of ether oxygens (including phenoxy) is 1. The van der Waals surface area contributed by atoms with Gasteiger partial charge in [0.1, 0.15) is 5.75 Å². The van der Waals surface area contributed by atoms with Crippen LogP contribution in [0.3, 0.4) is 0 Å². The Bertz CT molecular complexity index is 795. The number of aliphatic hydroxyl groups is 1. The Labute approximate surface area is 166 Å². The molecular formula is C23H28ClNO2. The molecule has 0 spiro atoms. The van der Waals surface area contributed by atoms with Gasteiger partial charge in [-0.05, 0) is 37.0 Å². The standard InChI is InChI=1S/C23H28ClNO2/c1-27-21-12-5-3-9-18(21)22-19-10-6-7-13-23(19,26)14-15-25(22)16-17-8-2-4-11-20(17)24/h2-5,8-9,11-12,19,22,26H,6-7,10,13-16H2,1H3/t19-,22+,23+/m0/s1. The number of piperidine rings is 1. The van der Waals surface area contributed by atoms with E-state index >= 15 is 0 Å². The number of hydrogen-bond donors (Lipinski definition) is 1. The molecule has 4 heteroatoms. The summed E-state index contributed by atoms with van der Waals surface area (Å²) in [7, 11) is 1.73. The number of benzene rings is 2. The lowest BCUT2D eigenvalue weighted by Crippen LogP contribution is -2.54. The molecule has 4 rings (SSSR count). The molecule has 3 atom stereocenters. The van der Waals surface area contributed by atoms with E-state index in [-0.39, 0.29) is 12.0 Å². The number of fused-ring (bicyclic) bond motifs is 1. The van der Waals surface area contributed by atoms with Crippen molar-refractivity contribution < 1.29 is 9.84 Å². The second-order valence-corrected chi connectivity index (χ2v) is 8.36. The highest BCUT2D eigenvalue weighted by Crippen LogP contribution is 2.51. The number of para-hydroxylation sites is 1. The van der Waals surface area contributed by atoms with Crippen LogP contribution >= 0.6 is 11.6 Å². The van der Waals surface area contributed by atoms with Gasteiger partial charge in [-0.2, -0.15) is 0 Å². The second-order valence-electron chi connectivity index (χ2n) is 7.95. The Morgan fingerprint density at radius 2 is 1.89 bits per heavy atom. The van der Waals surface area contributed by atoms with Crippen LogP contribution in [0.25, 0.3) is 0 Å². The Hall–Kier alpha value is -1.55. The summed E-state index contributed by atoms with van der Waals surface area (Å²) in [5.74, 6) is 1.13. The van der Waals surface area contributed by atoms with E-state index in [1.54, 1.807) is 7.11 Å². The molecule has 0 amide bonds. The monoisotopic (exact) mass is 385 g/mol. The first-order valence-corrected chi connectivity index (χ1v) is 10.3. The Balaban J connectivity index is 1.74. The Morgan fingerprint density at radius 3 is 2.70 bits per heavy atom. The van der Waals surface area contributed by atoms with Crippen LogP contribution in [-0.4, -0.2) is 29.3 Å². The van der Waals surface area contributed by atoms with Crippen molar-refractivity contribution in [2.45, 2.75) is 50.3 Å². The normalized spacial score (nSPS) is 28.6. The van der Waals surface area contributed by atoms with Crippen molar-refractivity contribution in [3.05, 3.63) is 64.7 Å². The SMILES string of the molecule is COc1ccccc1[C@@H]1[C@@H]2CCCC[C@@]2(O)CCN1Cc1ccccc1Cl. The number of nitrogens with zero attached hydrogens (tertiary/aromatic N) is 1. The van der Waals surface area contributed by atoms with Gasteiger partial charge in [-0.1, -0.05) is 60.8 Å². The lowest BCUT2D eigenvalue weighted by atomic mass is 9.66. The van der Waals surface area contributed by atoms with Crippen molar-refractivity contribution in [3.63, 3.8) is 0 Å². The summed E-state index contributed by atoms with van der Waals surface area (Å²) in [5, 5.41) is 12.2. The largest absolute Gasteiger partial charge is 0.496 e. The topological polar surface area (TPSA) is 32.7 Å². The smallest absolute Gasteiger partial charge is 0.123 e. The van der Waals surface area contributed by atoms with Gasteiger partial charge < -0.3 is 9.84 Å². The van der Waals surface area contributed by atoms with Crippen molar-refractivity contribution in [1.29, 1.82) is 0 Å². The molecular weight excluding hydrogens is 358 g/mol. The third-order valence-corrected chi connectivity index (χ3v) is 6.83. The first-order valence-electron chi connectivity index (χ1n) is 9.95. The highest BCUT2D eigenvalue weighted by Gasteiger charge is 2.49. The van der Waals surface area contributed by atoms with E-state index in [0.29, 0.717) is 0 Å². The van der Waals surface area contributed by atoms with Crippen LogP contribution in [0, 0.1) is 5.92 Å². The van der Waals surface area contributed by atoms with Crippen molar-refractivity contribution in [1.82, 2.24) is 4.90 Å². The average Bonchev–Trinajstić information content (AvgIpc) is 2.69. The molecule has 0 aromatic heterocycles. The molecule has 0 unspecified atom stereocenters. The molecule has 3 nitrogen and oxygen atoms in total. The van der Waals surface area contributed by atoms with E-state index in [1.807, 2.05) is 30.3 Å². The first kappa shape index (κ1) is 18.8. The molecule has 0 radical (unpaired) electrons. The molecule has 2 aromatic carbocycles.